The fraction of sp³-hybridized carbons (Fsp3) is 0.263. The molecule has 4 nitrogen and oxygen atoms in total. The van der Waals surface area contributed by atoms with Crippen molar-refractivity contribution in [3.8, 4) is 22.8 Å². The number of halogens is 1. The molecule has 0 saturated carbocycles. The van der Waals surface area contributed by atoms with Gasteiger partial charge in [0.05, 0.1) is 0 Å². The van der Waals surface area contributed by atoms with Gasteiger partial charge in [-0.1, -0.05) is 48.0 Å². The minimum Gasteiger partial charge on any atom is -0.305 e. The Morgan fingerprint density at radius 2 is 1.71 bits per heavy atom. The summed E-state index contributed by atoms with van der Waals surface area (Å²) in [5, 5.41) is 4.57. The van der Waals surface area contributed by atoms with Crippen LogP contribution in [0.15, 0.2) is 48.5 Å². The van der Waals surface area contributed by atoms with E-state index in [1.54, 1.807) is 0 Å². The van der Waals surface area contributed by atoms with Crippen molar-refractivity contribution in [2.24, 2.45) is 7.05 Å². The second-order valence-electron chi connectivity index (χ2n) is 6.19. The fourth-order valence-electron chi connectivity index (χ4n) is 2.63. The zero-order valence-corrected chi connectivity index (χ0v) is 15.3. The molecule has 0 amide bonds. The van der Waals surface area contributed by atoms with E-state index in [9.17, 15) is 0 Å². The lowest BCUT2D eigenvalue weighted by molar-refractivity contribution is 0.402. The summed E-state index contributed by atoms with van der Waals surface area (Å²) in [6.07, 6.45) is 0. The van der Waals surface area contributed by atoms with E-state index >= 15 is 0 Å². The quantitative estimate of drug-likeness (QED) is 0.720. The van der Waals surface area contributed by atoms with Crippen LogP contribution in [-0.4, -0.2) is 33.8 Å². The Labute approximate surface area is 149 Å². The maximum absolute atomic E-state index is 4.74. The summed E-state index contributed by atoms with van der Waals surface area (Å²) in [5.41, 5.74) is 4.65. The fourth-order valence-corrected chi connectivity index (χ4v) is 2.63. The van der Waals surface area contributed by atoms with Crippen LogP contribution in [-0.2, 0) is 13.6 Å². The van der Waals surface area contributed by atoms with Crippen molar-refractivity contribution in [2.45, 2.75) is 13.5 Å². The van der Waals surface area contributed by atoms with Crippen molar-refractivity contribution in [3.05, 3.63) is 59.7 Å². The van der Waals surface area contributed by atoms with Crippen molar-refractivity contribution >= 4 is 12.4 Å². The van der Waals surface area contributed by atoms with Gasteiger partial charge >= 0.3 is 0 Å². The highest BCUT2D eigenvalue weighted by Gasteiger charge is 2.11. The van der Waals surface area contributed by atoms with Crippen LogP contribution >= 0.6 is 12.4 Å². The minimum absolute atomic E-state index is 0. The molecule has 24 heavy (non-hydrogen) atoms. The molecule has 0 aliphatic carbocycles. The van der Waals surface area contributed by atoms with Crippen LogP contribution in [0.1, 0.15) is 11.1 Å². The number of benzene rings is 2. The van der Waals surface area contributed by atoms with Crippen LogP contribution in [0.4, 0.5) is 0 Å². The van der Waals surface area contributed by atoms with Gasteiger partial charge in [-0.05, 0) is 32.6 Å². The second kappa shape index (κ2) is 7.60. The number of rotatable bonds is 4. The molecule has 0 radical (unpaired) electrons. The molecule has 1 heterocycles. The molecule has 5 heteroatoms. The molecule has 0 spiro atoms. The highest BCUT2D eigenvalue weighted by atomic mass is 35.5. The van der Waals surface area contributed by atoms with Crippen LogP contribution in [0.5, 0.6) is 0 Å². The highest BCUT2D eigenvalue weighted by Crippen LogP contribution is 2.23. The van der Waals surface area contributed by atoms with Gasteiger partial charge in [0.25, 0.3) is 0 Å². The standard InChI is InChI=1S/C19H22N4.ClH/c1-14-8-10-16(11-9-14)18-20-19(23(4)21-18)17-7-5-6-15(12-17)13-22(2)3;/h5-12H,13H2,1-4H3;1H. The van der Waals surface area contributed by atoms with E-state index in [1.807, 2.05) is 11.7 Å². The first kappa shape index (κ1) is 18.2. The second-order valence-corrected chi connectivity index (χ2v) is 6.19. The molecule has 3 aromatic rings. The van der Waals surface area contributed by atoms with Gasteiger partial charge in [0, 0.05) is 24.7 Å². The molecule has 0 aliphatic heterocycles. The molecular formula is C19H23ClN4. The lowest BCUT2D eigenvalue weighted by Gasteiger charge is -2.10. The summed E-state index contributed by atoms with van der Waals surface area (Å²) in [7, 11) is 6.09. The number of aryl methyl sites for hydroxylation is 2. The van der Waals surface area contributed by atoms with Crippen LogP contribution in [0.25, 0.3) is 22.8 Å². The summed E-state index contributed by atoms with van der Waals surface area (Å²) in [4.78, 5) is 6.90. The van der Waals surface area contributed by atoms with Gasteiger partial charge in [0.15, 0.2) is 11.6 Å². The Morgan fingerprint density at radius 3 is 2.38 bits per heavy atom. The zero-order chi connectivity index (χ0) is 16.4. The average Bonchev–Trinajstić information content (AvgIpc) is 2.89. The SMILES string of the molecule is Cc1ccc(-c2nc(-c3cccc(CN(C)C)c3)n(C)n2)cc1.Cl. The molecule has 0 unspecified atom stereocenters. The maximum atomic E-state index is 4.74. The molecule has 0 atom stereocenters. The monoisotopic (exact) mass is 342 g/mol. The van der Waals surface area contributed by atoms with Gasteiger partial charge in [0.2, 0.25) is 0 Å². The molecule has 0 N–H and O–H groups in total. The number of hydrogen-bond donors (Lipinski definition) is 0. The van der Waals surface area contributed by atoms with Crippen molar-refractivity contribution in [1.29, 1.82) is 0 Å². The smallest absolute Gasteiger partial charge is 0.181 e. The van der Waals surface area contributed by atoms with Crippen LogP contribution < -0.4 is 0 Å². The van der Waals surface area contributed by atoms with Gasteiger partial charge in [-0.3, -0.25) is 0 Å². The Morgan fingerprint density at radius 1 is 1.00 bits per heavy atom. The summed E-state index contributed by atoms with van der Waals surface area (Å²) in [6.45, 7) is 2.99. The van der Waals surface area contributed by atoms with E-state index in [4.69, 9.17) is 4.98 Å². The normalized spacial score (nSPS) is 10.7. The highest BCUT2D eigenvalue weighted by molar-refractivity contribution is 5.85. The van der Waals surface area contributed by atoms with E-state index in [-0.39, 0.29) is 12.4 Å². The van der Waals surface area contributed by atoms with Gasteiger partial charge in [0.1, 0.15) is 0 Å². The summed E-state index contributed by atoms with van der Waals surface area (Å²) >= 11 is 0. The molecule has 0 saturated heterocycles. The zero-order valence-electron chi connectivity index (χ0n) is 14.5. The van der Waals surface area contributed by atoms with Crippen molar-refractivity contribution in [2.75, 3.05) is 14.1 Å². The third-order valence-corrected chi connectivity index (χ3v) is 3.76. The largest absolute Gasteiger partial charge is 0.305 e. The third kappa shape index (κ3) is 4.02. The van der Waals surface area contributed by atoms with Gasteiger partial charge < -0.3 is 4.90 Å². The van der Waals surface area contributed by atoms with Crippen molar-refractivity contribution in [3.63, 3.8) is 0 Å². The number of nitrogens with zero attached hydrogens (tertiary/aromatic N) is 4. The maximum Gasteiger partial charge on any atom is 0.181 e. The van der Waals surface area contributed by atoms with Crippen LogP contribution in [0, 0.1) is 6.92 Å². The number of hydrogen-bond acceptors (Lipinski definition) is 3. The Hall–Kier alpha value is -2.17. The Kier molecular flexibility index (Phi) is 5.75. The lowest BCUT2D eigenvalue weighted by atomic mass is 10.1. The van der Waals surface area contributed by atoms with Crippen molar-refractivity contribution < 1.29 is 0 Å². The van der Waals surface area contributed by atoms with E-state index in [0.29, 0.717) is 0 Å². The van der Waals surface area contributed by atoms with Crippen molar-refractivity contribution in [1.82, 2.24) is 19.7 Å². The summed E-state index contributed by atoms with van der Waals surface area (Å²) in [6, 6.07) is 16.8. The van der Waals surface area contributed by atoms with E-state index in [1.165, 1.54) is 11.1 Å². The number of aromatic nitrogens is 3. The predicted molar refractivity (Wildman–Crippen MR) is 101 cm³/mol. The van der Waals surface area contributed by atoms with E-state index < -0.39 is 0 Å². The average molecular weight is 343 g/mol. The molecule has 1 aromatic heterocycles. The predicted octanol–water partition coefficient (Wildman–Crippen LogP) is 3.94. The lowest BCUT2D eigenvalue weighted by Crippen LogP contribution is -2.10. The first-order chi connectivity index (χ1) is 11.0. The van der Waals surface area contributed by atoms with E-state index in [0.717, 1.165) is 29.3 Å². The summed E-state index contributed by atoms with van der Waals surface area (Å²) < 4.78 is 1.85. The third-order valence-electron chi connectivity index (χ3n) is 3.76. The molecule has 0 fully saturated rings. The molecule has 3 rings (SSSR count). The van der Waals surface area contributed by atoms with Crippen LogP contribution in [0.3, 0.4) is 0 Å². The topological polar surface area (TPSA) is 34.0 Å². The van der Waals surface area contributed by atoms with Gasteiger partial charge in [-0.2, -0.15) is 5.10 Å². The molecule has 126 valence electrons. The summed E-state index contributed by atoms with van der Waals surface area (Å²) in [5.74, 6) is 1.65. The van der Waals surface area contributed by atoms with Gasteiger partial charge in [-0.25, -0.2) is 9.67 Å². The Bertz CT molecular complexity index is 806. The molecule has 2 aromatic carbocycles. The minimum atomic E-state index is 0. The van der Waals surface area contributed by atoms with E-state index in [2.05, 4.69) is 79.5 Å². The first-order valence-corrected chi connectivity index (χ1v) is 7.75. The Balaban J connectivity index is 0.00000208. The first-order valence-electron chi connectivity index (χ1n) is 7.75. The van der Waals surface area contributed by atoms with Gasteiger partial charge in [-0.15, -0.1) is 12.4 Å². The van der Waals surface area contributed by atoms with Crippen LogP contribution in [0.2, 0.25) is 0 Å². The molecule has 0 bridgehead atoms. The molecule has 0 aliphatic rings. The molecular weight excluding hydrogens is 320 g/mol.